The van der Waals surface area contributed by atoms with E-state index >= 15 is 0 Å². The van der Waals surface area contributed by atoms with Crippen molar-refractivity contribution in [1.29, 1.82) is 0 Å². The van der Waals surface area contributed by atoms with Crippen LogP contribution in [-0.4, -0.2) is 34.3 Å². The number of carbonyl (C=O) groups is 1. The summed E-state index contributed by atoms with van der Waals surface area (Å²) in [5.41, 5.74) is 1.42. The molecule has 0 aliphatic carbocycles. The van der Waals surface area contributed by atoms with Gasteiger partial charge in [-0.3, -0.25) is 14.4 Å². The van der Waals surface area contributed by atoms with Crippen LogP contribution in [0.4, 0.5) is 5.13 Å². The van der Waals surface area contributed by atoms with Crippen molar-refractivity contribution in [2.75, 3.05) is 18.6 Å². The van der Waals surface area contributed by atoms with Gasteiger partial charge in [0.1, 0.15) is 0 Å². The van der Waals surface area contributed by atoms with E-state index in [1.54, 1.807) is 29.0 Å². The number of hydrogen-bond donors (Lipinski definition) is 0. The zero-order chi connectivity index (χ0) is 20.5. The van der Waals surface area contributed by atoms with Crippen molar-refractivity contribution in [3.8, 4) is 5.75 Å². The lowest BCUT2D eigenvalue weighted by Gasteiger charge is -2.18. The summed E-state index contributed by atoms with van der Waals surface area (Å²) in [7, 11) is 1.58. The van der Waals surface area contributed by atoms with Crippen LogP contribution >= 0.6 is 11.3 Å². The summed E-state index contributed by atoms with van der Waals surface area (Å²) in [4.78, 5) is 19.8. The number of thiazole rings is 1. The molecule has 0 radical (unpaired) electrons. The summed E-state index contributed by atoms with van der Waals surface area (Å²) in [6, 6.07) is 17.0. The lowest BCUT2D eigenvalue weighted by molar-refractivity contribution is 0.0961. The van der Waals surface area contributed by atoms with Crippen molar-refractivity contribution in [3.05, 3.63) is 72.8 Å². The average Bonchev–Trinajstić information content (AvgIpc) is 3.51. The van der Waals surface area contributed by atoms with Crippen LogP contribution in [0.2, 0.25) is 0 Å². The molecule has 0 fully saturated rings. The molecule has 0 atom stereocenters. The monoisotopic (exact) mass is 418 g/mol. The maximum atomic E-state index is 13.5. The molecule has 0 aliphatic rings. The fourth-order valence-electron chi connectivity index (χ4n) is 3.33. The third-order valence-electron chi connectivity index (χ3n) is 4.81. The molecule has 30 heavy (non-hydrogen) atoms. The summed E-state index contributed by atoms with van der Waals surface area (Å²) in [5.74, 6) is 0.586. The first-order valence-corrected chi connectivity index (χ1v) is 10.3. The molecule has 0 N–H and O–H groups in total. The van der Waals surface area contributed by atoms with E-state index in [4.69, 9.17) is 9.15 Å². The Bertz CT molecular complexity index is 1290. The van der Waals surface area contributed by atoms with Crippen molar-refractivity contribution in [2.24, 2.45) is 0 Å². The number of furan rings is 1. The van der Waals surface area contributed by atoms with Crippen LogP contribution in [0.5, 0.6) is 5.75 Å². The van der Waals surface area contributed by atoms with Crippen molar-refractivity contribution < 1.29 is 13.9 Å². The minimum absolute atomic E-state index is 0.245. The highest BCUT2D eigenvalue weighted by Gasteiger charge is 2.25. The third kappa shape index (κ3) is 3.31. The number of hydrogen-bond acceptors (Lipinski definition) is 6. The van der Waals surface area contributed by atoms with Gasteiger partial charge in [-0.05, 0) is 30.3 Å². The van der Waals surface area contributed by atoms with Gasteiger partial charge in [-0.2, -0.15) is 5.10 Å². The van der Waals surface area contributed by atoms with Gasteiger partial charge in [0, 0.05) is 24.3 Å². The van der Waals surface area contributed by atoms with Crippen LogP contribution in [0.1, 0.15) is 10.6 Å². The maximum absolute atomic E-state index is 13.5. The Balaban J connectivity index is 1.53. The van der Waals surface area contributed by atoms with Crippen molar-refractivity contribution >= 4 is 43.6 Å². The van der Waals surface area contributed by atoms with Gasteiger partial charge < -0.3 is 9.15 Å². The molecule has 7 nitrogen and oxygen atoms in total. The largest absolute Gasteiger partial charge is 0.493 e. The second-order valence-corrected chi connectivity index (χ2v) is 7.69. The topological polar surface area (TPSA) is 73.4 Å². The first-order valence-electron chi connectivity index (χ1n) is 9.44. The normalized spacial score (nSPS) is 11.2. The van der Waals surface area contributed by atoms with Crippen LogP contribution < -0.4 is 9.64 Å². The minimum atomic E-state index is -0.250. The highest BCUT2D eigenvalue weighted by Crippen LogP contribution is 2.32. The molecule has 0 aliphatic heterocycles. The molecule has 0 saturated heterocycles. The second kappa shape index (κ2) is 7.64. The van der Waals surface area contributed by atoms with Gasteiger partial charge in [0.25, 0.3) is 5.91 Å². The number of methoxy groups -OCH3 is 1. The van der Waals surface area contributed by atoms with E-state index in [0.717, 1.165) is 15.6 Å². The Kier molecular flexibility index (Phi) is 4.68. The Morgan fingerprint density at radius 3 is 2.90 bits per heavy atom. The Morgan fingerprint density at radius 1 is 1.20 bits per heavy atom. The number of rotatable bonds is 6. The number of nitrogens with zero attached hydrogens (tertiary/aromatic N) is 4. The number of carbonyl (C=O) groups excluding carboxylic acids is 1. The van der Waals surface area contributed by atoms with Crippen molar-refractivity contribution in [3.63, 3.8) is 0 Å². The molecule has 0 saturated carbocycles. The van der Waals surface area contributed by atoms with E-state index < -0.39 is 0 Å². The quantitative estimate of drug-likeness (QED) is 0.403. The molecular formula is C22H18N4O3S. The number of para-hydroxylation sites is 2. The van der Waals surface area contributed by atoms with Gasteiger partial charge in [0.05, 0.1) is 23.9 Å². The summed E-state index contributed by atoms with van der Waals surface area (Å²) < 4.78 is 14.1. The molecule has 3 aromatic heterocycles. The van der Waals surface area contributed by atoms with Gasteiger partial charge in [-0.1, -0.05) is 35.6 Å². The number of amides is 1. The smallest absolute Gasteiger partial charge is 0.295 e. The van der Waals surface area contributed by atoms with E-state index in [2.05, 4.69) is 10.1 Å². The van der Waals surface area contributed by atoms with E-state index in [-0.39, 0.29) is 11.7 Å². The first-order chi connectivity index (χ1) is 14.7. The average molecular weight is 418 g/mol. The number of ether oxygens (including phenoxy) is 1. The van der Waals surface area contributed by atoms with Gasteiger partial charge in [0.15, 0.2) is 22.2 Å². The zero-order valence-corrected chi connectivity index (χ0v) is 17.0. The predicted molar refractivity (Wildman–Crippen MR) is 116 cm³/mol. The lowest BCUT2D eigenvalue weighted by Crippen LogP contribution is -2.33. The second-order valence-electron chi connectivity index (χ2n) is 6.68. The number of aromatic nitrogens is 3. The van der Waals surface area contributed by atoms with Crippen molar-refractivity contribution in [1.82, 2.24) is 14.8 Å². The molecule has 8 heteroatoms. The first kappa shape index (κ1) is 18.4. The van der Waals surface area contributed by atoms with E-state index in [1.165, 1.54) is 11.3 Å². The summed E-state index contributed by atoms with van der Waals surface area (Å²) in [6.45, 7) is 0.951. The lowest BCUT2D eigenvalue weighted by atomic mass is 10.2. The van der Waals surface area contributed by atoms with E-state index in [0.29, 0.717) is 29.6 Å². The molecule has 150 valence electrons. The summed E-state index contributed by atoms with van der Waals surface area (Å²) in [5, 5.41) is 5.68. The fraction of sp³-hybridized carbons (Fsp3) is 0.136. The molecule has 5 aromatic rings. The molecule has 0 unspecified atom stereocenters. The Labute approximate surface area is 176 Å². The van der Waals surface area contributed by atoms with Crippen LogP contribution in [0.25, 0.3) is 21.2 Å². The van der Waals surface area contributed by atoms with Crippen LogP contribution in [-0.2, 0) is 6.54 Å². The van der Waals surface area contributed by atoms with Gasteiger partial charge >= 0.3 is 0 Å². The third-order valence-corrected chi connectivity index (χ3v) is 5.87. The number of anilines is 1. The molecule has 0 spiro atoms. The zero-order valence-electron chi connectivity index (χ0n) is 16.2. The Hall–Kier alpha value is -3.65. The van der Waals surface area contributed by atoms with Crippen molar-refractivity contribution in [2.45, 2.75) is 6.54 Å². The van der Waals surface area contributed by atoms with E-state index in [9.17, 15) is 4.79 Å². The van der Waals surface area contributed by atoms with Gasteiger partial charge in [-0.15, -0.1) is 0 Å². The number of benzene rings is 2. The molecule has 5 rings (SSSR count). The number of fused-ring (bicyclic) bond motifs is 2. The van der Waals surface area contributed by atoms with Crippen LogP contribution in [0, 0.1) is 0 Å². The molecule has 0 bridgehead atoms. The summed E-state index contributed by atoms with van der Waals surface area (Å²) >= 11 is 1.48. The summed E-state index contributed by atoms with van der Waals surface area (Å²) in [6.07, 6.45) is 3.59. The Morgan fingerprint density at radius 2 is 2.10 bits per heavy atom. The SMILES string of the molecule is COc1cccc2cc(C(=O)N(CCn3cccn3)c3nc4ccccc4s3)oc12. The predicted octanol–water partition coefficient (Wildman–Crippen LogP) is 4.59. The highest BCUT2D eigenvalue weighted by atomic mass is 32.1. The van der Waals surface area contributed by atoms with E-state index in [1.807, 2.05) is 54.7 Å². The van der Waals surface area contributed by atoms with Gasteiger partial charge in [-0.25, -0.2) is 4.98 Å². The molecule has 1 amide bonds. The van der Waals surface area contributed by atoms with Crippen LogP contribution in [0.3, 0.4) is 0 Å². The van der Waals surface area contributed by atoms with Gasteiger partial charge in [0.2, 0.25) is 0 Å². The maximum Gasteiger partial charge on any atom is 0.295 e. The molecule has 2 aromatic carbocycles. The van der Waals surface area contributed by atoms with Crippen LogP contribution in [0.15, 0.2) is 71.4 Å². The molecular weight excluding hydrogens is 400 g/mol. The molecule has 3 heterocycles. The minimum Gasteiger partial charge on any atom is -0.493 e. The fourth-order valence-corrected chi connectivity index (χ4v) is 4.32. The standard InChI is InChI=1S/C22H18N4O3S/c1-28-17-8-4-6-15-14-18(29-20(15)17)21(27)26(13-12-25-11-5-10-23-25)22-24-16-7-2-3-9-19(16)30-22/h2-11,14H,12-13H2,1H3. The highest BCUT2D eigenvalue weighted by molar-refractivity contribution is 7.22.